The molecule has 2 nitrogen and oxygen atoms in total. The van der Waals surface area contributed by atoms with Crippen molar-refractivity contribution in [2.24, 2.45) is 23.7 Å². The molecule has 21 heavy (non-hydrogen) atoms. The summed E-state index contributed by atoms with van der Waals surface area (Å²) in [5.41, 5.74) is 0. The molecule has 1 aliphatic heterocycles. The molecule has 4 aliphatic rings. The minimum atomic E-state index is -0.00983. The maximum absolute atomic E-state index is 10.5. The molecule has 0 aromatic rings. The molecular formula is C19H33NO. The van der Waals surface area contributed by atoms with Crippen molar-refractivity contribution in [1.82, 2.24) is 4.90 Å². The molecule has 3 aliphatic carbocycles. The summed E-state index contributed by atoms with van der Waals surface area (Å²) in [6.07, 6.45) is 15.1. The molecule has 1 saturated heterocycles. The van der Waals surface area contributed by atoms with Crippen LogP contribution in [0.5, 0.6) is 0 Å². The Balaban J connectivity index is 1.41. The van der Waals surface area contributed by atoms with Crippen LogP contribution in [0.4, 0.5) is 0 Å². The monoisotopic (exact) mass is 291 g/mol. The number of rotatable bonds is 3. The highest BCUT2D eigenvalue weighted by molar-refractivity contribution is 4.94. The van der Waals surface area contributed by atoms with E-state index in [4.69, 9.17) is 0 Å². The van der Waals surface area contributed by atoms with Gasteiger partial charge in [0.25, 0.3) is 0 Å². The predicted octanol–water partition coefficient (Wildman–Crippen LogP) is 3.83. The van der Waals surface area contributed by atoms with E-state index >= 15 is 0 Å². The van der Waals surface area contributed by atoms with Gasteiger partial charge in [-0.15, -0.1) is 0 Å². The van der Waals surface area contributed by atoms with Crippen LogP contribution in [0.2, 0.25) is 0 Å². The predicted molar refractivity (Wildman–Crippen MR) is 86.1 cm³/mol. The van der Waals surface area contributed by atoms with E-state index in [1.54, 1.807) is 0 Å². The zero-order chi connectivity index (χ0) is 14.2. The number of likely N-dealkylation sites (tertiary alicyclic amines) is 1. The quantitative estimate of drug-likeness (QED) is 0.854. The summed E-state index contributed by atoms with van der Waals surface area (Å²) in [6, 6.07) is 0.702. The number of nitrogens with zero attached hydrogens (tertiary/aromatic N) is 1. The molecule has 120 valence electrons. The number of hydrogen-bond donors (Lipinski definition) is 1. The van der Waals surface area contributed by atoms with Crippen LogP contribution >= 0.6 is 0 Å². The molecule has 2 bridgehead atoms. The Labute approximate surface area is 130 Å². The molecular weight excluding hydrogens is 258 g/mol. The van der Waals surface area contributed by atoms with Gasteiger partial charge in [0.2, 0.25) is 0 Å². The Hall–Kier alpha value is -0.0800. The van der Waals surface area contributed by atoms with Crippen LogP contribution in [0.15, 0.2) is 0 Å². The lowest BCUT2D eigenvalue weighted by Crippen LogP contribution is -2.50. The third kappa shape index (κ3) is 2.91. The van der Waals surface area contributed by atoms with Crippen molar-refractivity contribution in [1.29, 1.82) is 0 Å². The van der Waals surface area contributed by atoms with E-state index in [1.807, 2.05) is 0 Å². The van der Waals surface area contributed by atoms with E-state index in [0.717, 1.165) is 24.2 Å². The van der Waals surface area contributed by atoms with Gasteiger partial charge in [0.15, 0.2) is 0 Å². The average molecular weight is 291 g/mol. The molecule has 0 radical (unpaired) electrons. The van der Waals surface area contributed by atoms with Crippen molar-refractivity contribution in [3.8, 4) is 0 Å². The summed E-state index contributed by atoms with van der Waals surface area (Å²) in [5, 5.41) is 10.5. The highest BCUT2D eigenvalue weighted by atomic mass is 16.3. The number of aliphatic hydroxyl groups is 1. The highest BCUT2D eigenvalue weighted by Crippen LogP contribution is 2.49. The fraction of sp³-hybridized carbons (Fsp3) is 1.00. The van der Waals surface area contributed by atoms with Crippen molar-refractivity contribution in [3.05, 3.63) is 0 Å². The lowest BCUT2D eigenvalue weighted by Gasteiger charge is -2.45. The van der Waals surface area contributed by atoms with Gasteiger partial charge in [0.1, 0.15) is 0 Å². The summed E-state index contributed by atoms with van der Waals surface area (Å²) in [5.74, 6) is 3.69. The Morgan fingerprint density at radius 3 is 2.48 bits per heavy atom. The van der Waals surface area contributed by atoms with Crippen LogP contribution in [-0.2, 0) is 0 Å². The average Bonchev–Trinajstić information content (AvgIpc) is 3.11. The molecule has 4 fully saturated rings. The fourth-order valence-corrected chi connectivity index (χ4v) is 6.22. The smallest absolute Gasteiger partial charge is 0.0583 e. The van der Waals surface area contributed by atoms with Gasteiger partial charge in [-0.05, 0) is 69.2 Å². The van der Waals surface area contributed by atoms with Crippen molar-refractivity contribution >= 4 is 0 Å². The number of fused-ring (bicyclic) bond motifs is 2. The van der Waals surface area contributed by atoms with Crippen LogP contribution in [0, 0.1) is 23.7 Å². The minimum absolute atomic E-state index is 0.00983. The van der Waals surface area contributed by atoms with E-state index in [9.17, 15) is 5.11 Å². The van der Waals surface area contributed by atoms with E-state index in [2.05, 4.69) is 4.90 Å². The van der Waals surface area contributed by atoms with Crippen molar-refractivity contribution in [3.63, 3.8) is 0 Å². The lowest BCUT2D eigenvalue weighted by molar-refractivity contribution is -0.0135. The Bertz CT molecular complexity index is 357. The molecule has 0 spiro atoms. The van der Waals surface area contributed by atoms with E-state index < -0.39 is 0 Å². The second kappa shape index (κ2) is 6.20. The second-order valence-electron chi connectivity index (χ2n) is 8.51. The van der Waals surface area contributed by atoms with Gasteiger partial charge in [-0.25, -0.2) is 0 Å². The van der Waals surface area contributed by atoms with Crippen LogP contribution in [0.25, 0.3) is 0 Å². The maximum atomic E-state index is 10.5. The van der Waals surface area contributed by atoms with Crippen molar-refractivity contribution in [2.75, 3.05) is 13.1 Å². The summed E-state index contributed by atoms with van der Waals surface area (Å²) in [4.78, 5) is 2.83. The van der Waals surface area contributed by atoms with Crippen molar-refractivity contribution < 1.29 is 5.11 Å². The number of piperidine rings is 1. The lowest BCUT2D eigenvalue weighted by atomic mass is 9.77. The van der Waals surface area contributed by atoms with Crippen LogP contribution in [0.3, 0.4) is 0 Å². The van der Waals surface area contributed by atoms with Crippen LogP contribution < -0.4 is 0 Å². The molecule has 6 atom stereocenters. The standard InChI is InChI=1S/C19H33NO/c21-19-7-2-1-5-17(19)18-6-3-4-10-20(18)13-16-12-14-8-9-15(16)11-14/h14-19,21H,1-13H2. The highest BCUT2D eigenvalue weighted by Gasteiger charge is 2.42. The Morgan fingerprint density at radius 2 is 1.71 bits per heavy atom. The Morgan fingerprint density at radius 1 is 0.857 bits per heavy atom. The van der Waals surface area contributed by atoms with Gasteiger partial charge < -0.3 is 5.11 Å². The Kier molecular flexibility index (Phi) is 4.28. The van der Waals surface area contributed by atoms with Crippen molar-refractivity contribution in [2.45, 2.75) is 82.8 Å². The van der Waals surface area contributed by atoms with Gasteiger partial charge in [-0.1, -0.05) is 25.7 Å². The van der Waals surface area contributed by atoms with Gasteiger partial charge in [0, 0.05) is 18.5 Å². The van der Waals surface area contributed by atoms with Gasteiger partial charge in [-0.2, -0.15) is 0 Å². The molecule has 1 heterocycles. The molecule has 0 amide bonds. The molecule has 3 saturated carbocycles. The summed E-state index contributed by atoms with van der Waals surface area (Å²) in [6.45, 7) is 2.66. The zero-order valence-corrected chi connectivity index (χ0v) is 13.6. The SMILES string of the molecule is OC1CCCCC1C1CCCCN1CC1CC2CCC1C2. The normalized spacial score (nSPS) is 47.9. The number of hydrogen-bond acceptors (Lipinski definition) is 2. The second-order valence-corrected chi connectivity index (χ2v) is 8.51. The van der Waals surface area contributed by atoms with Gasteiger partial charge in [-0.3, -0.25) is 4.90 Å². The maximum Gasteiger partial charge on any atom is 0.0583 e. The first-order chi connectivity index (χ1) is 10.3. The van der Waals surface area contributed by atoms with Gasteiger partial charge in [0.05, 0.1) is 6.10 Å². The number of aliphatic hydroxyl groups excluding tert-OH is 1. The molecule has 0 aromatic carbocycles. The van der Waals surface area contributed by atoms with Crippen LogP contribution in [-0.4, -0.2) is 35.2 Å². The summed E-state index contributed by atoms with van der Waals surface area (Å²) < 4.78 is 0. The third-order valence-electron chi connectivity index (χ3n) is 7.29. The van der Waals surface area contributed by atoms with Gasteiger partial charge >= 0.3 is 0 Å². The molecule has 4 rings (SSSR count). The first-order valence-electron chi connectivity index (χ1n) is 9.73. The summed E-state index contributed by atoms with van der Waals surface area (Å²) >= 11 is 0. The zero-order valence-electron chi connectivity index (χ0n) is 13.6. The molecule has 2 heteroatoms. The topological polar surface area (TPSA) is 23.5 Å². The first-order valence-corrected chi connectivity index (χ1v) is 9.73. The fourth-order valence-electron chi connectivity index (χ4n) is 6.22. The van der Waals surface area contributed by atoms with E-state index in [-0.39, 0.29) is 6.10 Å². The third-order valence-corrected chi connectivity index (χ3v) is 7.29. The first kappa shape index (κ1) is 14.5. The molecule has 6 unspecified atom stereocenters. The van der Waals surface area contributed by atoms with Crippen LogP contribution in [0.1, 0.15) is 70.6 Å². The minimum Gasteiger partial charge on any atom is -0.393 e. The van der Waals surface area contributed by atoms with E-state index in [1.165, 1.54) is 77.3 Å². The molecule has 1 N–H and O–H groups in total. The summed E-state index contributed by atoms with van der Waals surface area (Å²) in [7, 11) is 0. The molecule has 0 aromatic heterocycles. The largest absolute Gasteiger partial charge is 0.393 e. The van der Waals surface area contributed by atoms with E-state index in [0.29, 0.717) is 12.0 Å².